The maximum Gasteiger partial charge on any atom is 0.258 e. The van der Waals surface area contributed by atoms with Crippen molar-refractivity contribution >= 4 is 51.5 Å². The molecule has 6 nitrogen and oxygen atoms in total. The SMILES string of the molecule is Cc1c(N2C(=O)C(C)(C)N(CCCOc3ccc(CNC(C)C)cc3)C2=S)ccc(C#N)c1I. The van der Waals surface area contributed by atoms with Crippen LogP contribution in [-0.4, -0.2) is 40.7 Å². The van der Waals surface area contributed by atoms with Gasteiger partial charge in [0.05, 0.1) is 17.9 Å². The molecule has 0 saturated carbocycles. The van der Waals surface area contributed by atoms with Gasteiger partial charge in [-0.1, -0.05) is 26.0 Å². The predicted octanol–water partition coefficient (Wildman–Crippen LogP) is 5.15. The number of hydrogen-bond donors (Lipinski definition) is 1. The topological polar surface area (TPSA) is 68.6 Å². The number of nitrogens with one attached hydrogen (secondary N) is 1. The van der Waals surface area contributed by atoms with E-state index in [0.717, 1.165) is 33.5 Å². The van der Waals surface area contributed by atoms with Crippen LogP contribution in [0.15, 0.2) is 36.4 Å². The summed E-state index contributed by atoms with van der Waals surface area (Å²) in [5, 5.41) is 13.2. The second kappa shape index (κ2) is 11.0. The van der Waals surface area contributed by atoms with Crippen LogP contribution in [-0.2, 0) is 11.3 Å². The number of benzene rings is 2. The monoisotopic (exact) mass is 590 g/mol. The summed E-state index contributed by atoms with van der Waals surface area (Å²) in [5.74, 6) is 0.768. The molecule has 180 valence electrons. The summed E-state index contributed by atoms with van der Waals surface area (Å²) in [5.41, 5.74) is 2.67. The van der Waals surface area contributed by atoms with E-state index in [1.807, 2.05) is 43.9 Å². The van der Waals surface area contributed by atoms with Gasteiger partial charge in [-0.25, -0.2) is 0 Å². The molecule has 0 aliphatic carbocycles. The molecule has 0 bridgehead atoms. The fraction of sp³-hybridized carbons (Fsp3) is 0.423. The molecule has 0 unspecified atom stereocenters. The Bertz CT molecular complexity index is 1110. The molecule has 3 rings (SSSR count). The molecular formula is C26H31IN4O2S. The van der Waals surface area contributed by atoms with Crippen LogP contribution in [0.25, 0.3) is 0 Å². The molecular weight excluding hydrogens is 559 g/mol. The third kappa shape index (κ3) is 5.53. The highest BCUT2D eigenvalue weighted by Crippen LogP contribution is 2.36. The lowest BCUT2D eigenvalue weighted by molar-refractivity contribution is -0.123. The van der Waals surface area contributed by atoms with E-state index in [4.69, 9.17) is 17.0 Å². The number of nitrogens with zero attached hydrogens (tertiary/aromatic N) is 3. The fourth-order valence-electron chi connectivity index (χ4n) is 3.86. The number of anilines is 1. The number of hydrogen-bond acceptors (Lipinski definition) is 5. The summed E-state index contributed by atoms with van der Waals surface area (Å²) in [4.78, 5) is 16.9. The van der Waals surface area contributed by atoms with E-state index in [1.165, 1.54) is 5.56 Å². The Morgan fingerprint density at radius 3 is 2.50 bits per heavy atom. The van der Waals surface area contributed by atoms with Gasteiger partial charge in [0.2, 0.25) is 0 Å². The van der Waals surface area contributed by atoms with Gasteiger partial charge in [0, 0.05) is 22.7 Å². The molecule has 8 heteroatoms. The lowest BCUT2D eigenvalue weighted by atomic mass is 10.0. The molecule has 0 atom stereocenters. The van der Waals surface area contributed by atoms with Gasteiger partial charge in [-0.2, -0.15) is 5.26 Å². The number of halogens is 1. The summed E-state index contributed by atoms with van der Waals surface area (Å²) >= 11 is 7.90. The van der Waals surface area contributed by atoms with Gasteiger partial charge in [-0.3, -0.25) is 9.69 Å². The van der Waals surface area contributed by atoms with Gasteiger partial charge >= 0.3 is 0 Å². The average Bonchev–Trinajstić information content (AvgIpc) is 2.97. The highest BCUT2D eigenvalue weighted by Gasteiger charge is 2.49. The smallest absolute Gasteiger partial charge is 0.258 e. The molecule has 1 aliphatic heterocycles. The molecule has 1 amide bonds. The molecule has 1 heterocycles. The zero-order chi connectivity index (χ0) is 25.0. The molecule has 2 aromatic carbocycles. The van der Waals surface area contributed by atoms with Crippen molar-refractivity contribution in [2.75, 3.05) is 18.1 Å². The molecule has 1 N–H and O–H groups in total. The van der Waals surface area contributed by atoms with Crippen molar-refractivity contribution in [1.29, 1.82) is 5.26 Å². The van der Waals surface area contributed by atoms with Crippen LogP contribution in [0.4, 0.5) is 5.69 Å². The van der Waals surface area contributed by atoms with Gasteiger partial charge in [-0.05, 0) is 97.4 Å². The first kappa shape index (κ1) is 26.4. The van der Waals surface area contributed by atoms with E-state index in [1.54, 1.807) is 11.0 Å². The van der Waals surface area contributed by atoms with Crippen LogP contribution < -0.4 is 15.0 Å². The van der Waals surface area contributed by atoms with Gasteiger partial charge < -0.3 is 15.0 Å². The predicted molar refractivity (Wildman–Crippen MR) is 148 cm³/mol. The summed E-state index contributed by atoms with van der Waals surface area (Å²) in [7, 11) is 0. The molecule has 1 saturated heterocycles. The fourth-order valence-corrected chi connectivity index (χ4v) is 4.94. The van der Waals surface area contributed by atoms with Crippen molar-refractivity contribution in [3.8, 4) is 11.8 Å². The third-order valence-corrected chi connectivity index (χ3v) is 7.77. The first-order valence-electron chi connectivity index (χ1n) is 11.4. The minimum absolute atomic E-state index is 0.0624. The van der Waals surface area contributed by atoms with Gasteiger partial charge in [0.15, 0.2) is 5.11 Å². The van der Waals surface area contributed by atoms with E-state index in [2.05, 4.69) is 60.0 Å². The molecule has 0 spiro atoms. The number of thiocarbonyl (C=S) groups is 1. The second-order valence-corrected chi connectivity index (χ2v) is 10.6. The van der Waals surface area contributed by atoms with Gasteiger partial charge in [0.1, 0.15) is 17.4 Å². The lowest BCUT2D eigenvalue weighted by Crippen LogP contribution is -2.44. The summed E-state index contributed by atoms with van der Waals surface area (Å²) < 4.78 is 6.76. The zero-order valence-electron chi connectivity index (χ0n) is 20.3. The number of amides is 1. The molecule has 2 aromatic rings. The molecule has 34 heavy (non-hydrogen) atoms. The first-order chi connectivity index (χ1) is 16.1. The third-order valence-electron chi connectivity index (χ3n) is 5.98. The van der Waals surface area contributed by atoms with E-state index in [-0.39, 0.29) is 5.91 Å². The second-order valence-electron chi connectivity index (χ2n) is 9.20. The van der Waals surface area contributed by atoms with Crippen molar-refractivity contribution in [3.63, 3.8) is 0 Å². The van der Waals surface area contributed by atoms with Crippen LogP contribution >= 0.6 is 34.8 Å². The van der Waals surface area contributed by atoms with Crippen LogP contribution in [0.3, 0.4) is 0 Å². The van der Waals surface area contributed by atoms with Crippen molar-refractivity contribution < 1.29 is 9.53 Å². The Labute approximate surface area is 221 Å². The number of carbonyl (C=O) groups excluding carboxylic acids is 1. The Morgan fingerprint density at radius 1 is 1.21 bits per heavy atom. The number of ether oxygens (including phenoxy) is 1. The molecule has 1 aliphatic rings. The molecule has 1 fully saturated rings. The number of nitriles is 1. The van der Waals surface area contributed by atoms with Crippen LogP contribution in [0.2, 0.25) is 0 Å². The first-order valence-corrected chi connectivity index (χ1v) is 12.9. The normalized spacial score (nSPS) is 15.2. The van der Waals surface area contributed by atoms with Crippen molar-refractivity contribution in [2.24, 2.45) is 0 Å². The highest BCUT2D eigenvalue weighted by atomic mass is 127. The Balaban J connectivity index is 1.62. The Morgan fingerprint density at radius 2 is 1.88 bits per heavy atom. The standard InChI is InChI=1S/C26H31IN4O2S/c1-17(2)29-16-19-7-10-21(11-8-19)33-14-6-13-30-25(34)31(24(32)26(30,4)5)22-12-9-20(15-28)23(27)18(22)3/h7-12,17,29H,6,13-14,16H2,1-5H3. The maximum absolute atomic E-state index is 13.3. The van der Waals surface area contributed by atoms with Crippen molar-refractivity contribution in [2.45, 2.75) is 59.2 Å². The largest absolute Gasteiger partial charge is 0.494 e. The van der Waals surface area contributed by atoms with Crippen LogP contribution in [0, 0.1) is 21.8 Å². The molecule has 0 aromatic heterocycles. The number of rotatable bonds is 9. The minimum Gasteiger partial charge on any atom is -0.494 e. The van der Waals surface area contributed by atoms with Crippen LogP contribution in [0.1, 0.15) is 50.8 Å². The average molecular weight is 591 g/mol. The van der Waals surface area contributed by atoms with E-state index >= 15 is 0 Å². The van der Waals surface area contributed by atoms with Crippen LogP contribution in [0.5, 0.6) is 5.75 Å². The maximum atomic E-state index is 13.3. The van der Waals surface area contributed by atoms with Gasteiger partial charge in [0.25, 0.3) is 5.91 Å². The van der Waals surface area contributed by atoms with Crippen molar-refractivity contribution in [3.05, 3.63) is 56.7 Å². The zero-order valence-corrected chi connectivity index (χ0v) is 23.3. The van der Waals surface area contributed by atoms with E-state index < -0.39 is 5.54 Å². The summed E-state index contributed by atoms with van der Waals surface area (Å²) in [6.45, 7) is 11.9. The quantitative estimate of drug-likeness (QED) is 0.248. The highest BCUT2D eigenvalue weighted by molar-refractivity contribution is 14.1. The van der Waals surface area contributed by atoms with Crippen molar-refractivity contribution in [1.82, 2.24) is 10.2 Å². The van der Waals surface area contributed by atoms with E-state index in [9.17, 15) is 10.1 Å². The number of carbonyl (C=O) groups is 1. The van der Waals surface area contributed by atoms with Gasteiger partial charge in [-0.15, -0.1) is 0 Å². The molecule has 0 radical (unpaired) electrons. The Kier molecular flexibility index (Phi) is 8.55. The van der Waals surface area contributed by atoms with E-state index in [0.29, 0.717) is 29.9 Å². The summed E-state index contributed by atoms with van der Waals surface area (Å²) in [6, 6.07) is 14.3. The Hall–Kier alpha value is -2.22. The lowest BCUT2D eigenvalue weighted by Gasteiger charge is -2.29. The summed E-state index contributed by atoms with van der Waals surface area (Å²) in [6.07, 6.45) is 0.727. The minimum atomic E-state index is -0.756.